The van der Waals surface area contributed by atoms with E-state index in [0.29, 0.717) is 16.3 Å². The lowest BCUT2D eigenvalue weighted by molar-refractivity contribution is 0.595. The van der Waals surface area contributed by atoms with E-state index < -0.39 is 9.84 Å². The van der Waals surface area contributed by atoms with E-state index in [1.807, 2.05) is 0 Å². The van der Waals surface area contributed by atoms with Crippen LogP contribution in [0.15, 0.2) is 47.4 Å². The fraction of sp³-hybridized carbons (Fsp3) is 0.0769. The molecule has 0 saturated carbocycles. The zero-order chi connectivity index (χ0) is 14.0. The zero-order valence-corrected chi connectivity index (χ0v) is 12.1. The molecule has 0 spiro atoms. The van der Waals surface area contributed by atoms with E-state index in [0.717, 1.165) is 0 Å². The SMILES string of the molecule is Nc1ccc(S(=O)(=O)Cc2cccc(Cl)c2Cl)cc1. The minimum atomic E-state index is -3.47. The predicted octanol–water partition coefficient (Wildman–Crippen LogP) is 3.55. The molecule has 0 radical (unpaired) electrons. The molecule has 0 aliphatic heterocycles. The first-order valence-corrected chi connectivity index (χ1v) is 7.82. The average molecular weight is 316 g/mol. The monoisotopic (exact) mass is 315 g/mol. The molecule has 0 aliphatic rings. The highest BCUT2D eigenvalue weighted by Gasteiger charge is 2.17. The average Bonchev–Trinajstić information content (AvgIpc) is 2.35. The number of anilines is 1. The Balaban J connectivity index is 2.36. The maximum absolute atomic E-state index is 12.2. The summed E-state index contributed by atoms with van der Waals surface area (Å²) >= 11 is 11.9. The summed E-state index contributed by atoms with van der Waals surface area (Å²) in [5.41, 5.74) is 6.52. The second-order valence-corrected chi connectivity index (χ2v) is 6.82. The van der Waals surface area contributed by atoms with Gasteiger partial charge in [-0.25, -0.2) is 8.42 Å². The van der Waals surface area contributed by atoms with Crippen molar-refractivity contribution >= 4 is 38.7 Å². The summed E-state index contributed by atoms with van der Waals surface area (Å²) in [6.45, 7) is 0. The van der Waals surface area contributed by atoms with Crippen LogP contribution in [-0.2, 0) is 15.6 Å². The smallest absolute Gasteiger partial charge is 0.182 e. The standard InChI is InChI=1S/C13H11Cl2NO2S/c14-12-3-1-2-9(13(12)15)8-19(17,18)11-6-4-10(16)5-7-11/h1-7H,8,16H2. The van der Waals surface area contributed by atoms with E-state index in [9.17, 15) is 8.42 Å². The first kappa shape index (κ1) is 14.2. The van der Waals surface area contributed by atoms with E-state index in [2.05, 4.69) is 0 Å². The Labute approximate surface area is 121 Å². The van der Waals surface area contributed by atoms with Gasteiger partial charge in [0.15, 0.2) is 9.84 Å². The summed E-state index contributed by atoms with van der Waals surface area (Å²) in [5.74, 6) is -0.198. The molecule has 0 heterocycles. The van der Waals surface area contributed by atoms with Crippen LogP contribution < -0.4 is 5.73 Å². The van der Waals surface area contributed by atoms with E-state index in [1.54, 1.807) is 30.3 Å². The van der Waals surface area contributed by atoms with Crippen LogP contribution in [0.1, 0.15) is 5.56 Å². The van der Waals surface area contributed by atoms with E-state index in [1.165, 1.54) is 12.1 Å². The number of sulfone groups is 1. The molecular formula is C13H11Cl2NO2S. The Kier molecular flexibility index (Phi) is 4.04. The minimum absolute atomic E-state index is 0.198. The largest absolute Gasteiger partial charge is 0.399 e. The van der Waals surface area contributed by atoms with Gasteiger partial charge in [-0.3, -0.25) is 0 Å². The first-order chi connectivity index (χ1) is 8.90. The number of hydrogen-bond acceptors (Lipinski definition) is 3. The number of rotatable bonds is 3. The van der Waals surface area contributed by atoms with Crippen molar-refractivity contribution in [3.63, 3.8) is 0 Å². The highest BCUT2D eigenvalue weighted by Crippen LogP contribution is 2.28. The van der Waals surface area contributed by atoms with Gasteiger partial charge in [-0.1, -0.05) is 35.3 Å². The maximum atomic E-state index is 12.2. The van der Waals surface area contributed by atoms with E-state index >= 15 is 0 Å². The molecule has 2 N–H and O–H groups in total. The van der Waals surface area contributed by atoms with Gasteiger partial charge in [-0.15, -0.1) is 0 Å². The lowest BCUT2D eigenvalue weighted by Gasteiger charge is -2.07. The van der Waals surface area contributed by atoms with Gasteiger partial charge in [0, 0.05) is 5.69 Å². The maximum Gasteiger partial charge on any atom is 0.182 e. The molecule has 0 saturated heterocycles. The molecule has 0 bridgehead atoms. The fourth-order valence-electron chi connectivity index (χ4n) is 1.62. The fourth-order valence-corrected chi connectivity index (χ4v) is 3.46. The first-order valence-electron chi connectivity index (χ1n) is 5.41. The summed E-state index contributed by atoms with van der Waals surface area (Å²) in [5, 5.41) is 0.606. The van der Waals surface area contributed by atoms with Gasteiger partial charge in [0.2, 0.25) is 0 Å². The molecule has 0 unspecified atom stereocenters. The molecule has 2 aromatic carbocycles. The third-order valence-electron chi connectivity index (χ3n) is 2.62. The predicted molar refractivity (Wildman–Crippen MR) is 78.2 cm³/mol. The topological polar surface area (TPSA) is 60.2 Å². The Morgan fingerprint density at radius 3 is 2.26 bits per heavy atom. The Morgan fingerprint density at radius 1 is 1.00 bits per heavy atom. The molecule has 0 fully saturated rings. The highest BCUT2D eigenvalue weighted by molar-refractivity contribution is 7.90. The third kappa shape index (κ3) is 3.21. The van der Waals surface area contributed by atoms with E-state index in [-0.39, 0.29) is 15.7 Å². The van der Waals surface area contributed by atoms with Gasteiger partial charge in [0.05, 0.1) is 20.7 Å². The van der Waals surface area contributed by atoms with Gasteiger partial charge in [0.25, 0.3) is 0 Å². The molecule has 0 aromatic heterocycles. The summed E-state index contributed by atoms with van der Waals surface area (Å²) < 4.78 is 24.5. The van der Waals surface area contributed by atoms with Crippen LogP contribution in [0, 0.1) is 0 Å². The molecule has 100 valence electrons. The van der Waals surface area contributed by atoms with Crippen molar-refractivity contribution in [1.82, 2.24) is 0 Å². The number of hydrogen-bond donors (Lipinski definition) is 1. The zero-order valence-electron chi connectivity index (χ0n) is 9.81. The molecular weight excluding hydrogens is 305 g/mol. The number of nitrogen functional groups attached to an aromatic ring is 1. The molecule has 6 heteroatoms. The Bertz CT molecular complexity index is 697. The molecule has 19 heavy (non-hydrogen) atoms. The Morgan fingerprint density at radius 2 is 1.63 bits per heavy atom. The molecule has 2 rings (SSSR count). The molecule has 0 atom stereocenters. The van der Waals surface area contributed by atoms with Crippen molar-refractivity contribution in [1.29, 1.82) is 0 Å². The van der Waals surface area contributed by atoms with Crippen molar-refractivity contribution in [3.8, 4) is 0 Å². The summed E-state index contributed by atoms with van der Waals surface area (Å²) in [7, 11) is -3.47. The van der Waals surface area contributed by atoms with Crippen molar-refractivity contribution in [2.75, 3.05) is 5.73 Å². The van der Waals surface area contributed by atoms with Crippen LogP contribution in [0.25, 0.3) is 0 Å². The highest BCUT2D eigenvalue weighted by atomic mass is 35.5. The summed E-state index contributed by atoms with van der Waals surface area (Å²) in [6.07, 6.45) is 0. The van der Waals surface area contributed by atoms with Crippen molar-refractivity contribution in [2.24, 2.45) is 0 Å². The van der Waals surface area contributed by atoms with Gasteiger partial charge in [-0.05, 0) is 35.9 Å². The Hall–Kier alpha value is -1.23. The van der Waals surface area contributed by atoms with Crippen LogP contribution in [0.4, 0.5) is 5.69 Å². The van der Waals surface area contributed by atoms with Crippen LogP contribution in [-0.4, -0.2) is 8.42 Å². The summed E-state index contributed by atoms with van der Waals surface area (Å²) in [6, 6.07) is 11.0. The van der Waals surface area contributed by atoms with Gasteiger partial charge >= 0.3 is 0 Å². The third-order valence-corrected chi connectivity index (χ3v) is 5.16. The van der Waals surface area contributed by atoms with Crippen LogP contribution in [0.5, 0.6) is 0 Å². The second-order valence-electron chi connectivity index (χ2n) is 4.04. The van der Waals surface area contributed by atoms with Crippen molar-refractivity contribution in [2.45, 2.75) is 10.6 Å². The normalized spacial score (nSPS) is 11.5. The van der Waals surface area contributed by atoms with Crippen molar-refractivity contribution in [3.05, 3.63) is 58.1 Å². The number of halogens is 2. The van der Waals surface area contributed by atoms with Crippen LogP contribution >= 0.6 is 23.2 Å². The molecule has 0 amide bonds. The lowest BCUT2D eigenvalue weighted by atomic mass is 10.2. The van der Waals surface area contributed by atoms with Gasteiger partial charge in [-0.2, -0.15) is 0 Å². The number of benzene rings is 2. The lowest BCUT2D eigenvalue weighted by Crippen LogP contribution is -2.05. The molecule has 2 aromatic rings. The quantitative estimate of drug-likeness (QED) is 0.881. The van der Waals surface area contributed by atoms with Crippen LogP contribution in [0.3, 0.4) is 0 Å². The van der Waals surface area contributed by atoms with Gasteiger partial charge < -0.3 is 5.73 Å². The van der Waals surface area contributed by atoms with Crippen molar-refractivity contribution < 1.29 is 8.42 Å². The van der Waals surface area contributed by atoms with E-state index in [4.69, 9.17) is 28.9 Å². The minimum Gasteiger partial charge on any atom is -0.399 e. The summed E-state index contributed by atoms with van der Waals surface area (Å²) in [4.78, 5) is 0.206. The second kappa shape index (κ2) is 5.41. The van der Waals surface area contributed by atoms with Gasteiger partial charge in [0.1, 0.15) is 0 Å². The van der Waals surface area contributed by atoms with Crippen LogP contribution in [0.2, 0.25) is 10.0 Å². The number of nitrogens with two attached hydrogens (primary N) is 1. The molecule has 3 nitrogen and oxygen atoms in total. The molecule has 0 aliphatic carbocycles.